The van der Waals surface area contributed by atoms with E-state index in [0.717, 1.165) is 62.0 Å². The lowest BCUT2D eigenvalue weighted by atomic mass is 10.1. The fourth-order valence-corrected chi connectivity index (χ4v) is 8.87. The van der Waals surface area contributed by atoms with Gasteiger partial charge in [-0.15, -0.1) is 0 Å². The number of aryl methyl sites for hydroxylation is 3. The fraction of sp³-hybridized carbons (Fsp3) is 0.265. The number of aromatic nitrogens is 2. The lowest BCUT2D eigenvalue weighted by Gasteiger charge is -2.25. The number of aliphatic carboxylic acids is 1. The SMILES string of the molecule is C.Cc1ccc(CN(CC(=O)OC(C)(C)C)Cc2cccc(OCCc3nc(-c4ccccc4)oc3C)c2)cc1.Cc1oc(-c2ccccc2)nc1CCOc1cccc(CN(CC(=O)O)Cc2ccc(Oc3cccc(F)c3)cc2)c1. The standard InChI is InChI=1S/C34H31FN2O5.C33H38N2O4.CH4/c1-24-32(36-34(41-24)27-8-3-2-4-9-27)17-18-40-30-11-5-7-26(19-30)22-37(23-33(38)39)21-25-13-15-29(16-14-25)42-31-12-6-10-28(35)20-31;1-24-14-16-26(17-15-24)21-35(23-31(36)39-33(3,4)5)22-27-10-9-13-29(20-27)37-19-18-30-25(2)38-32(34-30)28-11-7-6-8-12-28;/h2-16,19-20H,17-18,21-23H2,1H3,(H,38,39);6-17,20H,18-19,21-23H2,1-5H3;1H4. The first-order valence-corrected chi connectivity index (χ1v) is 27.0. The summed E-state index contributed by atoms with van der Waals surface area (Å²) in [5.41, 5.74) is 8.39. The molecule has 0 saturated carbocycles. The first-order chi connectivity index (χ1) is 39.0. The maximum atomic E-state index is 13.4. The second-order valence-electron chi connectivity index (χ2n) is 20.7. The van der Waals surface area contributed by atoms with Crippen molar-refractivity contribution in [1.29, 1.82) is 0 Å². The zero-order chi connectivity index (χ0) is 57.1. The van der Waals surface area contributed by atoms with Gasteiger partial charge in [-0.1, -0.05) is 116 Å². The zero-order valence-corrected chi connectivity index (χ0v) is 46.8. The van der Waals surface area contributed by atoms with Crippen LogP contribution in [0.15, 0.2) is 191 Å². The van der Waals surface area contributed by atoms with Gasteiger partial charge in [-0.2, -0.15) is 0 Å². The minimum absolute atomic E-state index is 0. The largest absolute Gasteiger partial charge is 0.493 e. The van der Waals surface area contributed by atoms with Crippen LogP contribution >= 0.6 is 0 Å². The zero-order valence-electron chi connectivity index (χ0n) is 46.8. The van der Waals surface area contributed by atoms with E-state index in [9.17, 15) is 19.1 Å². The third-order valence-electron chi connectivity index (χ3n) is 12.7. The first kappa shape index (κ1) is 60.8. The van der Waals surface area contributed by atoms with Gasteiger partial charge in [0.15, 0.2) is 0 Å². The van der Waals surface area contributed by atoms with E-state index >= 15 is 0 Å². The van der Waals surface area contributed by atoms with E-state index in [-0.39, 0.29) is 32.3 Å². The molecule has 2 aromatic heterocycles. The Balaban J connectivity index is 0.000000234. The number of carbonyl (C=O) groups is 2. The molecule has 7 aromatic carbocycles. The second kappa shape index (κ2) is 29.6. The Kier molecular flexibility index (Phi) is 21.9. The molecule has 0 unspecified atom stereocenters. The summed E-state index contributed by atoms with van der Waals surface area (Å²) >= 11 is 0. The maximum absolute atomic E-state index is 13.4. The molecule has 0 atom stereocenters. The van der Waals surface area contributed by atoms with Crippen molar-refractivity contribution in [1.82, 2.24) is 19.8 Å². The van der Waals surface area contributed by atoms with Gasteiger partial charge in [-0.25, -0.2) is 14.4 Å². The molecule has 0 bridgehead atoms. The summed E-state index contributed by atoms with van der Waals surface area (Å²) in [5.74, 6) is 3.74. The van der Waals surface area contributed by atoms with Crippen LogP contribution in [-0.4, -0.2) is 68.7 Å². The van der Waals surface area contributed by atoms with Crippen molar-refractivity contribution in [2.45, 2.75) is 93.6 Å². The van der Waals surface area contributed by atoms with Gasteiger partial charge in [0.25, 0.3) is 0 Å². The van der Waals surface area contributed by atoms with Crippen LogP contribution in [0.5, 0.6) is 23.0 Å². The Labute approximate surface area is 480 Å². The minimum atomic E-state index is -0.911. The Morgan fingerprint density at radius 2 is 0.976 bits per heavy atom. The van der Waals surface area contributed by atoms with Crippen LogP contribution in [0.4, 0.5) is 4.39 Å². The van der Waals surface area contributed by atoms with Gasteiger partial charge in [-0.3, -0.25) is 19.4 Å². The van der Waals surface area contributed by atoms with Gasteiger partial charge in [0.05, 0.1) is 37.7 Å². The molecule has 0 aliphatic heterocycles. The van der Waals surface area contributed by atoms with Gasteiger partial charge in [0.2, 0.25) is 11.8 Å². The molecule has 0 aliphatic rings. The molecule has 14 heteroatoms. The highest BCUT2D eigenvalue weighted by molar-refractivity contribution is 5.72. The second-order valence-corrected chi connectivity index (χ2v) is 20.7. The molecular weight excluding hydrogens is 1040 g/mol. The molecule has 13 nitrogen and oxygen atoms in total. The van der Waals surface area contributed by atoms with E-state index in [1.807, 2.05) is 155 Å². The highest BCUT2D eigenvalue weighted by Crippen LogP contribution is 2.27. The number of hydrogen-bond acceptors (Lipinski definition) is 12. The van der Waals surface area contributed by atoms with Crippen LogP contribution < -0.4 is 14.2 Å². The van der Waals surface area contributed by atoms with Gasteiger partial charge in [-0.05, 0) is 137 Å². The van der Waals surface area contributed by atoms with E-state index in [1.54, 1.807) is 24.3 Å². The summed E-state index contributed by atoms with van der Waals surface area (Å²) in [5, 5.41) is 9.52. The summed E-state index contributed by atoms with van der Waals surface area (Å²) in [7, 11) is 0. The van der Waals surface area contributed by atoms with E-state index in [4.69, 9.17) is 27.8 Å². The summed E-state index contributed by atoms with van der Waals surface area (Å²) in [6.45, 7) is 14.6. The normalized spacial score (nSPS) is 11.1. The maximum Gasteiger partial charge on any atom is 0.320 e. The van der Waals surface area contributed by atoms with E-state index < -0.39 is 11.6 Å². The number of carboxylic acids is 1. The summed E-state index contributed by atoms with van der Waals surface area (Å²) in [6, 6.07) is 57.0. The summed E-state index contributed by atoms with van der Waals surface area (Å²) in [4.78, 5) is 37.5. The average Bonchev–Trinajstić information content (AvgIpc) is 4.20. The predicted octanol–water partition coefficient (Wildman–Crippen LogP) is 14.8. The topological polar surface area (TPSA) is 150 Å². The molecule has 0 aliphatic carbocycles. The Hall–Kier alpha value is -8.85. The summed E-state index contributed by atoms with van der Waals surface area (Å²) in [6.07, 6.45) is 1.24. The predicted molar refractivity (Wildman–Crippen MR) is 317 cm³/mol. The van der Waals surface area contributed by atoms with Crippen LogP contribution in [0.2, 0.25) is 0 Å². The van der Waals surface area contributed by atoms with Crippen molar-refractivity contribution in [2.24, 2.45) is 0 Å². The molecule has 426 valence electrons. The molecule has 9 rings (SSSR count). The van der Waals surface area contributed by atoms with Crippen LogP contribution in [0, 0.1) is 26.6 Å². The number of halogens is 1. The van der Waals surface area contributed by atoms with Crippen molar-refractivity contribution in [3.8, 4) is 45.9 Å². The average molecular weight is 1110 g/mol. The summed E-state index contributed by atoms with van der Waals surface area (Å²) < 4.78 is 48.6. The van der Waals surface area contributed by atoms with Crippen LogP contribution in [0.3, 0.4) is 0 Å². The molecule has 9 aromatic rings. The van der Waals surface area contributed by atoms with E-state index in [2.05, 4.69) is 52.1 Å². The molecule has 82 heavy (non-hydrogen) atoms. The lowest BCUT2D eigenvalue weighted by molar-refractivity contribution is -0.156. The van der Waals surface area contributed by atoms with E-state index in [0.29, 0.717) is 81.3 Å². The van der Waals surface area contributed by atoms with Gasteiger partial charge >= 0.3 is 11.9 Å². The van der Waals surface area contributed by atoms with Crippen molar-refractivity contribution >= 4 is 11.9 Å². The number of rotatable bonds is 24. The molecule has 0 radical (unpaired) electrons. The van der Waals surface area contributed by atoms with Crippen LogP contribution in [0.1, 0.15) is 78.9 Å². The minimum Gasteiger partial charge on any atom is -0.493 e. The van der Waals surface area contributed by atoms with Crippen molar-refractivity contribution in [3.63, 3.8) is 0 Å². The number of ether oxygens (including phenoxy) is 4. The Morgan fingerprint density at radius 3 is 1.45 bits per heavy atom. The van der Waals surface area contributed by atoms with Crippen molar-refractivity contribution in [2.75, 3.05) is 26.3 Å². The molecule has 0 amide bonds. The Bertz CT molecular complexity index is 3430. The van der Waals surface area contributed by atoms with Crippen LogP contribution in [0.25, 0.3) is 22.9 Å². The molecular formula is C68H73FN4O9. The van der Waals surface area contributed by atoms with Gasteiger partial charge < -0.3 is 32.9 Å². The monoisotopic (exact) mass is 1110 g/mol. The molecule has 1 N–H and O–H groups in total. The highest BCUT2D eigenvalue weighted by atomic mass is 19.1. The number of oxazole rings is 2. The smallest absolute Gasteiger partial charge is 0.320 e. The lowest BCUT2D eigenvalue weighted by Crippen LogP contribution is -2.34. The quantitative estimate of drug-likeness (QED) is 0.0572. The molecule has 0 fully saturated rings. The third-order valence-corrected chi connectivity index (χ3v) is 12.7. The fourth-order valence-electron chi connectivity index (χ4n) is 8.87. The van der Waals surface area contributed by atoms with Crippen molar-refractivity contribution in [3.05, 3.63) is 239 Å². The van der Waals surface area contributed by atoms with Gasteiger partial charge in [0, 0.05) is 56.2 Å². The van der Waals surface area contributed by atoms with E-state index in [1.165, 1.54) is 17.7 Å². The first-order valence-electron chi connectivity index (χ1n) is 27.0. The number of nitrogens with zero attached hydrogens (tertiary/aromatic N) is 4. The van der Waals surface area contributed by atoms with Crippen molar-refractivity contribution < 1.29 is 46.9 Å². The molecule has 0 spiro atoms. The number of esters is 1. The van der Waals surface area contributed by atoms with Gasteiger partial charge in [0.1, 0.15) is 45.9 Å². The molecule has 2 heterocycles. The Morgan fingerprint density at radius 1 is 0.524 bits per heavy atom. The molecule has 0 saturated heterocycles. The van der Waals surface area contributed by atoms with Crippen LogP contribution in [-0.2, 0) is 53.3 Å². The third kappa shape index (κ3) is 19.5. The number of carboxylic acid groups (broad SMARTS) is 1. The number of benzene rings is 7. The number of hydrogen-bond donors (Lipinski definition) is 1. The number of carbonyl (C=O) groups excluding carboxylic acids is 1. The highest BCUT2D eigenvalue weighted by Gasteiger charge is 2.21.